The van der Waals surface area contributed by atoms with Gasteiger partial charge in [0.05, 0.1) is 18.3 Å². The van der Waals surface area contributed by atoms with E-state index in [-0.39, 0.29) is 47.3 Å². The van der Waals surface area contributed by atoms with Crippen LogP contribution in [0.2, 0.25) is 0 Å². The van der Waals surface area contributed by atoms with Crippen molar-refractivity contribution in [3.8, 4) is 0 Å². The van der Waals surface area contributed by atoms with Crippen molar-refractivity contribution in [1.82, 2.24) is 0 Å². The van der Waals surface area contributed by atoms with Crippen LogP contribution < -0.4 is 0 Å². The summed E-state index contributed by atoms with van der Waals surface area (Å²) >= 11 is 0. The molecule has 158 valence electrons. The maximum Gasteiger partial charge on any atom is 0.330 e. The van der Waals surface area contributed by atoms with Gasteiger partial charge in [-0.15, -0.1) is 0 Å². The zero-order chi connectivity index (χ0) is 20.5. The number of carbonyl (C=O) groups is 1. The second-order valence-electron chi connectivity index (χ2n) is 9.42. The molecule has 0 bridgehead atoms. The Hall–Kier alpha value is -1.17. The molecule has 1 saturated heterocycles. The highest BCUT2D eigenvalue weighted by atomic mass is 16.6. The van der Waals surface area contributed by atoms with Gasteiger partial charge in [-0.1, -0.05) is 11.6 Å². The molecule has 3 rings (SSSR count). The van der Waals surface area contributed by atoms with Crippen LogP contribution in [0.4, 0.5) is 0 Å². The van der Waals surface area contributed by atoms with Crippen LogP contribution in [0, 0.1) is 11.3 Å². The molecule has 3 aliphatic rings. The molecule has 28 heavy (non-hydrogen) atoms. The lowest BCUT2D eigenvalue weighted by atomic mass is 9.66. The van der Waals surface area contributed by atoms with E-state index in [2.05, 4.69) is 33.8 Å². The van der Waals surface area contributed by atoms with Gasteiger partial charge in [0.25, 0.3) is 0 Å². The van der Waals surface area contributed by atoms with Crippen LogP contribution >= 0.6 is 0 Å². The molecule has 0 aromatic rings. The lowest BCUT2D eigenvalue weighted by Gasteiger charge is -2.49. The Labute approximate surface area is 169 Å². The molecule has 1 unspecified atom stereocenters. The van der Waals surface area contributed by atoms with Gasteiger partial charge in [-0.3, -0.25) is 0 Å². The fraction of sp³-hybridized carbons (Fsp3) is 0.783. The third-order valence-electron chi connectivity index (χ3n) is 6.59. The molecule has 0 radical (unpaired) electrons. The lowest BCUT2D eigenvalue weighted by Crippen LogP contribution is -2.55. The Morgan fingerprint density at radius 3 is 2.46 bits per heavy atom. The third kappa shape index (κ3) is 4.87. The Morgan fingerprint density at radius 2 is 1.93 bits per heavy atom. The molecule has 0 N–H and O–H groups in total. The Bertz CT molecular complexity index is 627. The van der Waals surface area contributed by atoms with Gasteiger partial charge in [-0.2, -0.15) is 0 Å². The average Bonchev–Trinajstić information content (AvgIpc) is 3.53. The van der Waals surface area contributed by atoms with Crippen LogP contribution in [0.25, 0.3) is 0 Å². The van der Waals surface area contributed by atoms with Crippen LogP contribution in [-0.4, -0.2) is 49.7 Å². The molecule has 1 spiro atoms. The largest absolute Gasteiger partial charge is 0.456 e. The van der Waals surface area contributed by atoms with Crippen LogP contribution in [0.15, 0.2) is 23.8 Å². The van der Waals surface area contributed by atoms with Gasteiger partial charge < -0.3 is 18.9 Å². The number of ether oxygens (including phenoxy) is 4. The minimum atomic E-state index is -0.360. The van der Waals surface area contributed by atoms with E-state index in [4.69, 9.17) is 18.9 Å². The molecule has 5 heteroatoms. The first-order valence-corrected chi connectivity index (χ1v) is 10.5. The molecule has 5 nitrogen and oxygen atoms in total. The van der Waals surface area contributed by atoms with Gasteiger partial charge in [0.15, 0.2) is 0 Å². The van der Waals surface area contributed by atoms with E-state index in [1.807, 2.05) is 6.92 Å². The van der Waals surface area contributed by atoms with E-state index in [0.29, 0.717) is 6.61 Å². The van der Waals surface area contributed by atoms with Gasteiger partial charge in [0.2, 0.25) is 0 Å². The molecule has 2 saturated carbocycles. The predicted molar refractivity (Wildman–Crippen MR) is 108 cm³/mol. The van der Waals surface area contributed by atoms with Crippen LogP contribution in [0.5, 0.6) is 0 Å². The van der Waals surface area contributed by atoms with Crippen molar-refractivity contribution in [3.05, 3.63) is 23.8 Å². The third-order valence-corrected chi connectivity index (χ3v) is 6.59. The molecule has 1 aliphatic heterocycles. The van der Waals surface area contributed by atoms with E-state index in [1.165, 1.54) is 24.5 Å². The zero-order valence-electron chi connectivity index (χ0n) is 18.2. The molecule has 0 aromatic carbocycles. The highest BCUT2D eigenvalue weighted by Gasteiger charge is 2.62. The highest BCUT2D eigenvalue weighted by molar-refractivity contribution is 5.82. The van der Waals surface area contributed by atoms with Crippen LogP contribution in [0.3, 0.4) is 0 Å². The van der Waals surface area contributed by atoms with Crippen molar-refractivity contribution >= 4 is 5.97 Å². The Morgan fingerprint density at radius 1 is 1.25 bits per heavy atom. The van der Waals surface area contributed by atoms with E-state index in [1.54, 1.807) is 13.2 Å². The first-order chi connectivity index (χ1) is 13.2. The Balaban J connectivity index is 1.69. The molecular formula is C23H36O5. The lowest BCUT2D eigenvalue weighted by molar-refractivity contribution is -0.190. The fourth-order valence-electron chi connectivity index (χ4n) is 4.86. The molecule has 3 fully saturated rings. The Kier molecular flexibility index (Phi) is 6.38. The summed E-state index contributed by atoms with van der Waals surface area (Å²) < 4.78 is 23.4. The SMILES string of the molecule is CO[C@H]1C(C(C)(C)OCC=C(C)C)C2(CC[C@H]1OC(=O)/C=C/[C@H]1O[C@@H]1C)CC2. The summed E-state index contributed by atoms with van der Waals surface area (Å²) in [5.41, 5.74) is 1.14. The number of rotatable bonds is 8. The fourth-order valence-corrected chi connectivity index (χ4v) is 4.86. The molecular weight excluding hydrogens is 356 g/mol. The number of hydrogen-bond acceptors (Lipinski definition) is 5. The quantitative estimate of drug-likeness (QED) is 0.268. The molecule has 2 aliphatic carbocycles. The first kappa shape index (κ1) is 21.5. The maximum absolute atomic E-state index is 12.3. The zero-order valence-corrected chi connectivity index (χ0v) is 18.2. The summed E-state index contributed by atoms with van der Waals surface area (Å²) in [4.78, 5) is 12.3. The second-order valence-corrected chi connectivity index (χ2v) is 9.42. The van der Waals surface area contributed by atoms with Gasteiger partial charge in [0, 0.05) is 19.1 Å². The van der Waals surface area contributed by atoms with E-state index < -0.39 is 0 Å². The molecule has 5 atom stereocenters. The minimum absolute atomic E-state index is 0.0435. The topological polar surface area (TPSA) is 57.3 Å². The van der Waals surface area contributed by atoms with Crippen LogP contribution in [0.1, 0.15) is 60.3 Å². The summed E-state index contributed by atoms with van der Waals surface area (Å²) in [5, 5.41) is 0. The summed E-state index contributed by atoms with van der Waals surface area (Å²) in [5.74, 6) is -0.124. The van der Waals surface area contributed by atoms with Gasteiger partial charge >= 0.3 is 5.97 Å². The molecule has 1 heterocycles. The minimum Gasteiger partial charge on any atom is -0.456 e. The molecule has 0 amide bonds. The number of esters is 1. The number of carbonyl (C=O) groups excluding carboxylic acids is 1. The van der Waals surface area contributed by atoms with Crippen molar-refractivity contribution in [1.29, 1.82) is 0 Å². The number of allylic oxidation sites excluding steroid dienone is 1. The standard InChI is InChI=1S/C23H36O5/c1-15(2)10-14-26-22(4,5)21-20(25-6)18(9-11-23(21)12-13-23)28-19(24)8-7-17-16(3)27-17/h7-8,10,16-18,20-21H,9,11-14H2,1-6H3/b8-7+/t16-,17-,18-,20-,21?/m1/s1. The van der Waals surface area contributed by atoms with E-state index in [9.17, 15) is 4.79 Å². The predicted octanol–water partition coefficient (Wildman–Crippen LogP) is 4.21. The van der Waals surface area contributed by atoms with E-state index in [0.717, 1.165) is 12.8 Å². The highest BCUT2D eigenvalue weighted by Crippen LogP contribution is 2.63. The smallest absolute Gasteiger partial charge is 0.330 e. The van der Waals surface area contributed by atoms with Gasteiger partial charge in [-0.25, -0.2) is 4.79 Å². The monoisotopic (exact) mass is 392 g/mol. The number of methoxy groups -OCH3 is 1. The normalized spacial score (nSPS) is 33.7. The maximum atomic E-state index is 12.3. The summed E-state index contributed by atoms with van der Waals surface area (Å²) in [6.45, 7) is 11.0. The summed E-state index contributed by atoms with van der Waals surface area (Å²) in [6, 6.07) is 0. The van der Waals surface area contributed by atoms with Crippen LogP contribution in [-0.2, 0) is 23.7 Å². The van der Waals surface area contributed by atoms with Gasteiger partial charge in [0.1, 0.15) is 18.3 Å². The van der Waals surface area contributed by atoms with Crippen molar-refractivity contribution in [2.45, 2.75) is 90.3 Å². The summed E-state index contributed by atoms with van der Waals surface area (Å²) in [6.07, 6.45) is 9.51. The van der Waals surface area contributed by atoms with Crippen molar-refractivity contribution in [3.63, 3.8) is 0 Å². The van der Waals surface area contributed by atoms with Gasteiger partial charge in [-0.05, 0) is 71.8 Å². The van der Waals surface area contributed by atoms with E-state index >= 15 is 0 Å². The number of epoxide rings is 1. The first-order valence-electron chi connectivity index (χ1n) is 10.5. The molecule has 0 aromatic heterocycles. The van der Waals surface area contributed by atoms with Crippen molar-refractivity contribution in [2.24, 2.45) is 11.3 Å². The van der Waals surface area contributed by atoms with Crippen molar-refractivity contribution < 1.29 is 23.7 Å². The summed E-state index contributed by atoms with van der Waals surface area (Å²) in [7, 11) is 1.72. The number of hydrogen-bond donors (Lipinski definition) is 0. The second kappa shape index (κ2) is 8.29. The average molecular weight is 393 g/mol. The van der Waals surface area contributed by atoms with Crippen molar-refractivity contribution in [2.75, 3.05) is 13.7 Å².